The maximum absolute atomic E-state index is 4.21. The molecule has 27 heavy (non-hydrogen) atoms. The van der Waals surface area contributed by atoms with E-state index in [0.717, 1.165) is 12.8 Å². The SMILES string of the molecule is C=C/C=C(\C)CCC1c2ccccc2-c2ccc(C(C)(C)C)c[n+]2C1C=C. The zero-order chi connectivity index (χ0) is 19.6. The fraction of sp³-hybridized carbons (Fsp3) is 0.346. The molecule has 140 valence electrons. The van der Waals surface area contributed by atoms with E-state index in [2.05, 4.69) is 100 Å². The topological polar surface area (TPSA) is 3.88 Å². The molecule has 1 heteroatoms. The Balaban J connectivity index is 2.11. The van der Waals surface area contributed by atoms with E-state index in [1.54, 1.807) is 0 Å². The quantitative estimate of drug-likeness (QED) is 0.319. The van der Waals surface area contributed by atoms with Gasteiger partial charge in [0.15, 0.2) is 12.2 Å². The summed E-state index contributed by atoms with van der Waals surface area (Å²) in [6, 6.07) is 13.7. The Morgan fingerprint density at radius 1 is 1.11 bits per heavy atom. The summed E-state index contributed by atoms with van der Waals surface area (Å²) in [5, 5.41) is 0. The molecule has 1 nitrogen and oxygen atoms in total. The smallest absolute Gasteiger partial charge is 0.191 e. The second-order valence-electron chi connectivity index (χ2n) is 8.67. The van der Waals surface area contributed by atoms with E-state index in [1.807, 2.05) is 6.08 Å². The lowest BCUT2D eigenvalue weighted by Crippen LogP contribution is -2.47. The normalized spacial score (nSPS) is 19.2. The first-order valence-electron chi connectivity index (χ1n) is 9.92. The molecular formula is C26H32N+. The van der Waals surface area contributed by atoms with Crippen LogP contribution in [0, 0.1) is 0 Å². The Bertz CT molecular complexity index is 879. The number of fused-ring (bicyclic) bond motifs is 3. The second kappa shape index (κ2) is 7.68. The molecule has 0 N–H and O–H groups in total. The average Bonchev–Trinajstić information content (AvgIpc) is 2.64. The van der Waals surface area contributed by atoms with Gasteiger partial charge in [0.2, 0.25) is 5.69 Å². The summed E-state index contributed by atoms with van der Waals surface area (Å²) in [5.74, 6) is 0.430. The average molecular weight is 359 g/mol. The van der Waals surface area contributed by atoms with Crippen molar-refractivity contribution in [3.63, 3.8) is 0 Å². The largest absolute Gasteiger partial charge is 0.213 e. The molecule has 0 bridgehead atoms. The Hall–Kier alpha value is -2.41. The first-order chi connectivity index (χ1) is 12.9. The molecular weight excluding hydrogens is 326 g/mol. The number of nitrogens with zero attached hydrogens (tertiary/aromatic N) is 1. The minimum atomic E-state index is 0.128. The van der Waals surface area contributed by atoms with Gasteiger partial charge in [-0.3, -0.25) is 0 Å². The minimum absolute atomic E-state index is 0.128. The monoisotopic (exact) mass is 358 g/mol. The molecule has 0 spiro atoms. The van der Waals surface area contributed by atoms with E-state index < -0.39 is 0 Å². The van der Waals surface area contributed by atoms with Gasteiger partial charge in [-0.05, 0) is 49.0 Å². The van der Waals surface area contributed by atoms with E-state index in [9.17, 15) is 0 Å². The van der Waals surface area contributed by atoms with Gasteiger partial charge in [0.1, 0.15) is 0 Å². The summed E-state index contributed by atoms with van der Waals surface area (Å²) >= 11 is 0. The summed E-state index contributed by atoms with van der Waals surface area (Å²) in [4.78, 5) is 0. The number of benzene rings is 1. The number of hydrogen-bond acceptors (Lipinski definition) is 0. The molecule has 1 aliphatic rings. The summed E-state index contributed by atoms with van der Waals surface area (Å²) in [6.07, 6.45) is 10.7. The van der Waals surface area contributed by atoms with Crippen LogP contribution in [0.5, 0.6) is 0 Å². The maximum atomic E-state index is 4.21. The molecule has 0 radical (unpaired) electrons. The summed E-state index contributed by atoms with van der Waals surface area (Å²) in [6.45, 7) is 17.1. The highest BCUT2D eigenvalue weighted by Gasteiger charge is 2.38. The molecule has 0 amide bonds. The van der Waals surface area contributed by atoms with Crippen LogP contribution in [0.15, 0.2) is 79.6 Å². The van der Waals surface area contributed by atoms with Gasteiger partial charge in [0.05, 0.1) is 5.92 Å². The van der Waals surface area contributed by atoms with Crippen molar-refractivity contribution in [1.29, 1.82) is 0 Å². The fourth-order valence-electron chi connectivity index (χ4n) is 4.14. The second-order valence-corrected chi connectivity index (χ2v) is 8.67. The van der Waals surface area contributed by atoms with Crippen molar-refractivity contribution in [2.24, 2.45) is 0 Å². The molecule has 1 aliphatic heterocycles. The van der Waals surface area contributed by atoms with E-state index in [4.69, 9.17) is 0 Å². The third-order valence-electron chi connectivity index (χ3n) is 5.71. The number of aromatic nitrogens is 1. The first kappa shape index (κ1) is 19.4. The molecule has 0 fully saturated rings. The van der Waals surface area contributed by atoms with E-state index >= 15 is 0 Å². The van der Waals surface area contributed by atoms with Crippen LogP contribution < -0.4 is 4.57 Å². The zero-order valence-electron chi connectivity index (χ0n) is 17.2. The molecule has 1 aromatic carbocycles. The van der Waals surface area contributed by atoms with Crippen LogP contribution in [0.3, 0.4) is 0 Å². The Labute approximate surface area is 164 Å². The highest BCUT2D eigenvalue weighted by Crippen LogP contribution is 2.42. The van der Waals surface area contributed by atoms with E-state index in [-0.39, 0.29) is 11.5 Å². The lowest BCUT2D eigenvalue weighted by atomic mass is 9.79. The Morgan fingerprint density at radius 3 is 2.52 bits per heavy atom. The van der Waals surface area contributed by atoms with Gasteiger partial charge in [-0.15, -0.1) is 0 Å². The van der Waals surface area contributed by atoms with Crippen LogP contribution in [0.25, 0.3) is 11.3 Å². The molecule has 2 atom stereocenters. The predicted molar refractivity (Wildman–Crippen MR) is 116 cm³/mol. The van der Waals surface area contributed by atoms with Gasteiger partial charge < -0.3 is 0 Å². The van der Waals surface area contributed by atoms with Crippen molar-refractivity contribution in [2.75, 3.05) is 0 Å². The highest BCUT2D eigenvalue weighted by atomic mass is 15.0. The predicted octanol–water partition coefficient (Wildman–Crippen LogP) is 6.68. The third-order valence-corrected chi connectivity index (χ3v) is 5.71. The molecule has 0 aliphatic carbocycles. The zero-order valence-corrected chi connectivity index (χ0v) is 17.2. The standard InChI is InChI=1S/C26H32N/c1-7-11-19(3)14-16-23-21-12-9-10-13-22(21)25-17-15-20(26(4,5)6)18-27(25)24(23)8-2/h7-13,15,17-18,23-24H,1-2,14,16H2,3-6H3/q+1/b19-11+. The number of pyridine rings is 1. The van der Waals surface area contributed by atoms with Crippen molar-refractivity contribution in [2.45, 2.75) is 57.9 Å². The van der Waals surface area contributed by atoms with Gasteiger partial charge in [0, 0.05) is 17.2 Å². The number of hydrogen-bond donors (Lipinski definition) is 0. The van der Waals surface area contributed by atoms with Crippen LogP contribution in [0.2, 0.25) is 0 Å². The van der Waals surface area contributed by atoms with E-state index in [0.29, 0.717) is 5.92 Å². The van der Waals surface area contributed by atoms with Gasteiger partial charge in [-0.1, -0.05) is 69.9 Å². The lowest BCUT2D eigenvalue weighted by Gasteiger charge is -2.30. The van der Waals surface area contributed by atoms with Crippen molar-refractivity contribution >= 4 is 0 Å². The lowest BCUT2D eigenvalue weighted by molar-refractivity contribution is -0.707. The highest BCUT2D eigenvalue weighted by molar-refractivity contribution is 5.64. The number of allylic oxidation sites excluding steroid dienone is 4. The van der Waals surface area contributed by atoms with Crippen molar-refractivity contribution in [3.8, 4) is 11.3 Å². The van der Waals surface area contributed by atoms with Gasteiger partial charge in [-0.2, -0.15) is 4.57 Å². The van der Waals surface area contributed by atoms with Gasteiger partial charge in [0.25, 0.3) is 0 Å². The van der Waals surface area contributed by atoms with Crippen molar-refractivity contribution in [1.82, 2.24) is 0 Å². The van der Waals surface area contributed by atoms with Crippen LogP contribution >= 0.6 is 0 Å². The summed E-state index contributed by atoms with van der Waals surface area (Å²) < 4.78 is 2.45. The summed E-state index contributed by atoms with van der Waals surface area (Å²) in [7, 11) is 0. The molecule has 1 aromatic heterocycles. The van der Waals surface area contributed by atoms with Crippen LogP contribution in [0.4, 0.5) is 0 Å². The third kappa shape index (κ3) is 3.83. The van der Waals surface area contributed by atoms with Crippen molar-refractivity contribution in [3.05, 3.63) is 90.7 Å². The first-order valence-corrected chi connectivity index (χ1v) is 9.92. The van der Waals surface area contributed by atoms with E-state index in [1.165, 1.54) is 28.0 Å². The molecule has 3 rings (SSSR count). The Morgan fingerprint density at radius 2 is 1.85 bits per heavy atom. The maximum Gasteiger partial charge on any atom is 0.213 e. The minimum Gasteiger partial charge on any atom is -0.191 e. The molecule has 2 heterocycles. The van der Waals surface area contributed by atoms with Crippen LogP contribution in [-0.2, 0) is 5.41 Å². The van der Waals surface area contributed by atoms with Crippen molar-refractivity contribution < 1.29 is 4.57 Å². The molecule has 2 unspecified atom stereocenters. The fourth-order valence-corrected chi connectivity index (χ4v) is 4.14. The molecule has 2 aromatic rings. The van der Waals surface area contributed by atoms with Crippen LogP contribution in [0.1, 0.15) is 63.6 Å². The van der Waals surface area contributed by atoms with Gasteiger partial charge >= 0.3 is 0 Å². The number of rotatable bonds is 5. The molecule has 0 saturated carbocycles. The Kier molecular flexibility index (Phi) is 5.51. The molecule has 0 saturated heterocycles. The summed E-state index contributed by atoms with van der Waals surface area (Å²) in [5.41, 5.74) is 6.95. The van der Waals surface area contributed by atoms with Gasteiger partial charge in [-0.25, -0.2) is 0 Å². The van der Waals surface area contributed by atoms with Crippen LogP contribution in [-0.4, -0.2) is 0 Å².